The predicted molar refractivity (Wildman–Crippen MR) is 132 cm³/mol. The van der Waals surface area contributed by atoms with E-state index in [2.05, 4.69) is 19.8 Å². The maximum atomic E-state index is 13.0. The zero-order chi connectivity index (χ0) is 25.4. The summed E-state index contributed by atoms with van der Waals surface area (Å²) in [5.74, 6) is -2.10. The van der Waals surface area contributed by atoms with Crippen molar-refractivity contribution in [3.63, 3.8) is 0 Å². The fourth-order valence-corrected chi connectivity index (χ4v) is 5.89. The summed E-state index contributed by atoms with van der Waals surface area (Å²) in [6.45, 7) is 0.314. The third-order valence-electron chi connectivity index (χ3n) is 5.71. The second-order valence-corrected chi connectivity index (χ2v) is 9.83. The SMILES string of the molecule is CO/N=C(\C(=O)NC1C(=O)N2C(C(=O)O)=C(C[n+]3ccc4ccccc4c3)CS[C@H]12)c1nsc(N)n1. The Balaban J connectivity index is 1.36. The maximum absolute atomic E-state index is 13.0. The number of aromatic nitrogens is 3. The first kappa shape index (κ1) is 23.7. The number of nitrogen functional groups attached to an aromatic ring is 1. The minimum atomic E-state index is -1.20. The number of hydrogen-bond acceptors (Lipinski definition) is 10. The van der Waals surface area contributed by atoms with Gasteiger partial charge in [0.15, 0.2) is 24.1 Å². The standard InChI is InChI=1S/C22H19N7O5S2/c1-34-26-14(17-25-22(23)36-27-17)18(30)24-15-19(31)29-16(21(32)33)13(10-35-20(15)29)9-28-7-6-11-4-2-3-5-12(11)8-28/h2-8,15,20H,9-10H2,1H3,(H3-,23,24,25,27,30,32,33)/p+1/b26-14-/t15?,20-/m1/s1. The van der Waals surface area contributed by atoms with E-state index < -0.39 is 29.2 Å². The molecule has 2 aliphatic rings. The Morgan fingerprint density at radius 3 is 2.81 bits per heavy atom. The number of carboxylic acids is 1. The molecule has 1 aromatic carbocycles. The smallest absolute Gasteiger partial charge is 0.352 e. The van der Waals surface area contributed by atoms with E-state index >= 15 is 0 Å². The molecule has 2 aliphatic heterocycles. The highest BCUT2D eigenvalue weighted by Crippen LogP contribution is 2.40. The average molecular weight is 527 g/mol. The Labute approximate surface area is 212 Å². The van der Waals surface area contributed by atoms with Crippen LogP contribution >= 0.6 is 23.3 Å². The van der Waals surface area contributed by atoms with Crippen LogP contribution in [-0.4, -0.2) is 67.1 Å². The highest BCUT2D eigenvalue weighted by atomic mass is 32.2. The van der Waals surface area contributed by atoms with Crippen LogP contribution in [0.5, 0.6) is 0 Å². The van der Waals surface area contributed by atoms with E-state index in [0.29, 0.717) is 17.9 Å². The molecule has 0 bridgehead atoms. The lowest BCUT2D eigenvalue weighted by molar-refractivity contribution is -0.687. The number of amides is 2. The van der Waals surface area contributed by atoms with Crippen molar-refractivity contribution in [3.8, 4) is 0 Å². The summed E-state index contributed by atoms with van der Waals surface area (Å²) in [5.41, 5.74) is 5.90. The van der Waals surface area contributed by atoms with E-state index in [9.17, 15) is 19.5 Å². The van der Waals surface area contributed by atoms with Gasteiger partial charge in [0, 0.05) is 34.3 Å². The van der Waals surface area contributed by atoms with Crippen LogP contribution in [0.3, 0.4) is 0 Å². The first-order chi connectivity index (χ1) is 17.4. The molecule has 5 rings (SSSR count). The van der Waals surface area contributed by atoms with Crippen LogP contribution < -0.4 is 15.6 Å². The number of nitrogens with one attached hydrogen (secondary N) is 1. The van der Waals surface area contributed by atoms with Crippen LogP contribution in [0.4, 0.5) is 5.13 Å². The molecule has 1 unspecified atom stereocenters. The van der Waals surface area contributed by atoms with Crippen molar-refractivity contribution in [3.05, 3.63) is 59.8 Å². The Morgan fingerprint density at radius 1 is 1.33 bits per heavy atom. The molecule has 184 valence electrons. The zero-order valence-electron chi connectivity index (χ0n) is 18.8. The number of β-lactam (4-membered cyclic amide) rings is 1. The summed E-state index contributed by atoms with van der Waals surface area (Å²) < 4.78 is 5.85. The van der Waals surface area contributed by atoms with E-state index in [0.717, 1.165) is 22.3 Å². The second-order valence-electron chi connectivity index (χ2n) is 7.94. The molecule has 4 heterocycles. The molecule has 36 heavy (non-hydrogen) atoms. The van der Waals surface area contributed by atoms with Crippen molar-refractivity contribution in [1.82, 2.24) is 19.6 Å². The lowest BCUT2D eigenvalue weighted by atomic mass is 10.0. The summed E-state index contributed by atoms with van der Waals surface area (Å²) in [4.78, 5) is 47.9. The molecule has 0 radical (unpaired) electrons. The molecule has 1 saturated heterocycles. The van der Waals surface area contributed by atoms with Crippen molar-refractivity contribution in [2.45, 2.75) is 18.0 Å². The van der Waals surface area contributed by atoms with Crippen LogP contribution in [0.1, 0.15) is 5.82 Å². The van der Waals surface area contributed by atoms with Crippen LogP contribution in [-0.2, 0) is 25.8 Å². The van der Waals surface area contributed by atoms with Gasteiger partial charge in [-0.1, -0.05) is 23.4 Å². The van der Waals surface area contributed by atoms with Crippen molar-refractivity contribution in [2.24, 2.45) is 5.16 Å². The normalized spacial score (nSPS) is 19.6. The first-order valence-electron chi connectivity index (χ1n) is 10.7. The maximum Gasteiger partial charge on any atom is 0.352 e. The predicted octanol–water partition coefficient (Wildman–Crippen LogP) is 0.350. The summed E-state index contributed by atoms with van der Waals surface area (Å²) in [6, 6.07) is 8.88. The number of hydrogen-bond donors (Lipinski definition) is 3. The molecule has 14 heteroatoms. The number of carbonyl (C=O) groups is 3. The number of rotatable bonds is 7. The molecule has 0 saturated carbocycles. The number of nitrogens with zero attached hydrogens (tertiary/aromatic N) is 5. The number of oxime groups is 1. The average Bonchev–Trinajstić information content (AvgIpc) is 3.30. The van der Waals surface area contributed by atoms with E-state index in [1.165, 1.54) is 23.8 Å². The van der Waals surface area contributed by atoms with Crippen molar-refractivity contribution < 1.29 is 28.9 Å². The van der Waals surface area contributed by atoms with Gasteiger partial charge in [0.25, 0.3) is 11.8 Å². The highest BCUT2D eigenvalue weighted by Gasteiger charge is 2.54. The fraction of sp³-hybridized carbons (Fsp3) is 0.227. The van der Waals surface area contributed by atoms with Crippen LogP contribution in [0.25, 0.3) is 10.8 Å². The van der Waals surface area contributed by atoms with Gasteiger partial charge < -0.3 is 21.0 Å². The number of carbonyl (C=O) groups excluding carboxylic acids is 2. The molecular formula is C22H20N7O5S2+. The molecular weight excluding hydrogens is 506 g/mol. The Kier molecular flexibility index (Phi) is 6.28. The molecule has 3 aromatic rings. The summed E-state index contributed by atoms with van der Waals surface area (Å²) in [6.07, 6.45) is 3.82. The number of nitrogens with two attached hydrogens (primary N) is 1. The minimum absolute atomic E-state index is 0.0300. The van der Waals surface area contributed by atoms with Gasteiger partial charge in [0.2, 0.25) is 11.5 Å². The lowest BCUT2D eigenvalue weighted by Gasteiger charge is -2.49. The number of aliphatic carboxylic acids is 1. The molecule has 4 N–H and O–H groups in total. The van der Waals surface area contributed by atoms with E-state index in [1.54, 1.807) is 0 Å². The third kappa shape index (κ3) is 4.24. The summed E-state index contributed by atoms with van der Waals surface area (Å²) in [7, 11) is 1.26. The third-order valence-corrected chi connectivity index (χ3v) is 7.59. The van der Waals surface area contributed by atoms with Crippen LogP contribution in [0.15, 0.2) is 59.2 Å². The molecule has 2 aromatic heterocycles. The fourth-order valence-electron chi connectivity index (χ4n) is 4.12. The van der Waals surface area contributed by atoms with Crippen LogP contribution in [0.2, 0.25) is 0 Å². The van der Waals surface area contributed by atoms with E-state index in [4.69, 9.17) is 10.6 Å². The molecule has 1 fully saturated rings. The molecule has 0 spiro atoms. The number of benzene rings is 1. The summed E-state index contributed by atoms with van der Waals surface area (Å²) >= 11 is 2.27. The Bertz CT molecular complexity index is 1450. The molecule has 2 atom stereocenters. The van der Waals surface area contributed by atoms with Crippen molar-refractivity contribution in [2.75, 3.05) is 18.6 Å². The second kappa shape index (κ2) is 9.54. The molecule has 0 aliphatic carbocycles. The lowest BCUT2D eigenvalue weighted by Crippen LogP contribution is -2.71. The monoisotopic (exact) mass is 526 g/mol. The van der Waals surface area contributed by atoms with Gasteiger partial charge in [-0.25, -0.2) is 9.36 Å². The topological polar surface area (TPSA) is 164 Å². The number of carboxylic acid groups (broad SMARTS) is 1. The van der Waals surface area contributed by atoms with Crippen molar-refractivity contribution >= 4 is 62.7 Å². The van der Waals surface area contributed by atoms with Crippen molar-refractivity contribution in [1.29, 1.82) is 0 Å². The first-order valence-corrected chi connectivity index (χ1v) is 12.5. The van der Waals surface area contributed by atoms with Gasteiger partial charge in [-0.15, -0.1) is 11.8 Å². The van der Waals surface area contributed by atoms with Gasteiger partial charge in [0.1, 0.15) is 24.2 Å². The van der Waals surface area contributed by atoms with Gasteiger partial charge >= 0.3 is 5.97 Å². The van der Waals surface area contributed by atoms with E-state index in [1.807, 2.05) is 47.3 Å². The number of fused-ring (bicyclic) bond motifs is 2. The minimum Gasteiger partial charge on any atom is -0.477 e. The van der Waals surface area contributed by atoms with Crippen LogP contribution in [0, 0.1) is 0 Å². The van der Waals surface area contributed by atoms with E-state index in [-0.39, 0.29) is 22.4 Å². The van der Waals surface area contributed by atoms with Gasteiger partial charge in [-0.3, -0.25) is 14.5 Å². The number of anilines is 1. The van der Waals surface area contributed by atoms with Gasteiger partial charge in [-0.2, -0.15) is 9.36 Å². The quantitative estimate of drug-likeness (QED) is 0.171. The Hall–Kier alpha value is -4.04. The summed E-state index contributed by atoms with van der Waals surface area (Å²) in [5, 5.41) is 17.9. The zero-order valence-corrected chi connectivity index (χ0v) is 20.5. The molecule has 12 nitrogen and oxygen atoms in total. The number of pyridine rings is 1. The van der Waals surface area contributed by atoms with Gasteiger partial charge in [-0.05, 0) is 11.5 Å². The Morgan fingerprint density at radius 2 is 2.11 bits per heavy atom. The molecule has 2 amide bonds. The largest absolute Gasteiger partial charge is 0.477 e. The number of thioether (sulfide) groups is 1. The highest BCUT2D eigenvalue weighted by molar-refractivity contribution is 8.00. The van der Waals surface area contributed by atoms with Gasteiger partial charge in [0.05, 0.1) is 0 Å².